The molecule has 16 heavy (non-hydrogen) atoms. The van der Waals surface area contributed by atoms with Gasteiger partial charge in [-0.25, -0.2) is 0 Å². The lowest BCUT2D eigenvalue weighted by molar-refractivity contribution is 0.578. The first-order valence-corrected chi connectivity index (χ1v) is 6.46. The summed E-state index contributed by atoms with van der Waals surface area (Å²) in [6.07, 6.45) is 0. The second-order valence-electron chi connectivity index (χ2n) is 4.79. The van der Waals surface area contributed by atoms with E-state index in [4.69, 9.17) is 0 Å². The third kappa shape index (κ3) is 1.82. The fourth-order valence-corrected chi connectivity index (χ4v) is 2.74. The largest absolute Gasteiger partial charge is 0.341 e. The van der Waals surface area contributed by atoms with Crippen molar-refractivity contribution in [3.8, 4) is 0 Å². The average molecular weight is 238 g/mol. The molecule has 1 aromatic carbocycles. The average Bonchev–Trinajstić information content (AvgIpc) is 2.15. The SMILES string of the molecule is CC(C)(C)C1=NS(=O)(=O)c2ccccc2N1. The fourth-order valence-electron chi connectivity index (χ4n) is 1.44. The molecule has 4 nitrogen and oxygen atoms in total. The summed E-state index contributed by atoms with van der Waals surface area (Å²) in [6, 6.07) is 6.79. The van der Waals surface area contributed by atoms with Crippen molar-refractivity contribution in [1.82, 2.24) is 0 Å². The van der Waals surface area contributed by atoms with E-state index in [2.05, 4.69) is 9.71 Å². The first-order valence-electron chi connectivity index (χ1n) is 5.02. The Morgan fingerprint density at radius 1 is 1.19 bits per heavy atom. The van der Waals surface area contributed by atoms with Gasteiger partial charge in [0.25, 0.3) is 10.0 Å². The molecule has 1 heterocycles. The van der Waals surface area contributed by atoms with Crippen LogP contribution in [0.15, 0.2) is 33.6 Å². The molecule has 0 saturated heterocycles. The monoisotopic (exact) mass is 238 g/mol. The molecule has 0 aliphatic carbocycles. The highest BCUT2D eigenvalue weighted by Gasteiger charge is 2.29. The molecule has 2 rings (SSSR count). The third-order valence-electron chi connectivity index (χ3n) is 2.34. The van der Waals surface area contributed by atoms with Crippen molar-refractivity contribution < 1.29 is 8.42 Å². The molecule has 1 aliphatic heterocycles. The number of para-hydroxylation sites is 1. The van der Waals surface area contributed by atoms with E-state index in [0.717, 1.165) is 0 Å². The summed E-state index contributed by atoms with van der Waals surface area (Å²) < 4.78 is 27.6. The van der Waals surface area contributed by atoms with Crippen LogP contribution in [-0.4, -0.2) is 14.3 Å². The summed E-state index contributed by atoms with van der Waals surface area (Å²) in [6.45, 7) is 5.76. The minimum Gasteiger partial charge on any atom is -0.341 e. The van der Waals surface area contributed by atoms with Gasteiger partial charge in [0.15, 0.2) is 0 Å². The van der Waals surface area contributed by atoms with Crippen LogP contribution in [0.5, 0.6) is 0 Å². The highest BCUT2D eigenvalue weighted by Crippen LogP contribution is 2.30. The van der Waals surface area contributed by atoms with Crippen LogP contribution in [-0.2, 0) is 10.0 Å². The lowest BCUT2D eigenvalue weighted by Crippen LogP contribution is -2.32. The normalized spacial score (nSPS) is 18.3. The summed E-state index contributed by atoms with van der Waals surface area (Å²) >= 11 is 0. The number of nitrogens with zero attached hydrogens (tertiary/aromatic N) is 1. The number of hydrogen-bond donors (Lipinski definition) is 1. The number of anilines is 1. The predicted octanol–water partition coefficient (Wildman–Crippen LogP) is 2.25. The molecule has 0 amide bonds. The third-order valence-corrected chi connectivity index (χ3v) is 3.67. The van der Waals surface area contributed by atoms with Gasteiger partial charge in [-0.2, -0.15) is 8.42 Å². The predicted molar refractivity (Wildman–Crippen MR) is 64.1 cm³/mol. The number of amidine groups is 1. The molecule has 1 N–H and O–H groups in total. The standard InChI is InChI=1S/C11H14N2O2S/c1-11(2,3)10-12-8-6-4-5-7-9(8)16(14,15)13-10/h4-7H,1-3H3,(H,12,13). The first kappa shape index (κ1) is 11.1. The van der Waals surface area contributed by atoms with E-state index in [1.165, 1.54) is 0 Å². The van der Waals surface area contributed by atoms with E-state index in [0.29, 0.717) is 11.5 Å². The van der Waals surface area contributed by atoms with Gasteiger partial charge in [0.1, 0.15) is 10.7 Å². The van der Waals surface area contributed by atoms with Gasteiger partial charge in [0, 0.05) is 5.41 Å². The van der Waals surface area contributed by atoms with Crippen LogP contribution in [0.4, 0.5) is 5.69 Å². The van der Waals surface area contributed by atoms with Crippen LogP contribution < -0.4 is 5.32 Å². The van der Waals surface area contributed by atoms with Gasteiger partial charge < -0.3 is 5.32 Å². The van der Waals surface area contributed by atoms with Crippen molar-refractivity contribution in [2.75, 3.05) is 5.32 Å². The Labute approximate surface area is 95.5 Å². The zero-order chi connectivity index (χ0) is 12.0. The fraction of sp³-hybridized carbons (Fsp3) is 0.364. The van der Waals surface area contributed by atoms with Gasteiger partial charge in [-0.15, -0.1) is 4.40 Å². The molecule has 0 aromatic heterocycles. The van der Waals surface area contributed by atoms with Crippen molar-refractivity contribution in [3.63, 3.8) is 0 Å². The summed E-state index contributed by atoms with van der Waals surface area (Å²) in [5.74, 6) is 0.478. The minimum absolute atomic E-state index is 0.239. The second-order valence-corrected chi connectivity index (χ2v) is 6.36. The molecule has 0 fully saturated rings. The molecule has 0 bridgehead atoms. The molecule has 5 heteroatoms. The molecule has 0 unspecified atom stereocenters. The second kappa shape index (κ2) is 3.31. The quantitative estimate of drug-likeness (QED) is 0.754. The number of hydrogen-bond acceptors (Lipinski definition) is 3. The van der Waals surface area contributed by atoms with E-state index in [9.17, 15) is 8.42 Å². The number of rotatable bonds is 0. The summed E-state index contributed by atoms with van der Waals surface area (Å²) in [4.78, 5) is 0.239. The molecule has 1 aliphatic rings. The smallest absolute Gasteiger partial charge is 0.286 e. The Hall–Kier alpha value is -1.36. The van der Waals surface area contributed by atoms with Gasteiger partial charge in [0.05, 0.1) is 5.69 Å². The van der Waals surface area contributed by atoms with Gasteiger partial charge in [-0.1, -0.05) is 32.9 Å². The van der Waals surface area contributed by atoms with Gasteiger partial charge in [0.2, 0.25) is 0 Å². The van der Waals surface area contributed by atoms with Crippen molar-refractivity contribution >= 4 is 21.5 Å². The first-order chi connectivity index (χ1) is 7.31. The maximum absolute atomic E-state index is 11.9. The number of benzene rings is 1. The molecule has 0 radical (unpaired) electrons. The summed E-state index contributed by atoms with van der Waals surface area (Å²) in [5, 5.41) is 3.06. The summed E-state index contributed by atoms with van der Waals surface area (Å²) in [5.41, 5.74) is 0.281. The van der Waals surface area contributed by atoms with Crippen molar-refractivity contribution in [2.45, 2.75) is 25.7 Å². The maximum atomic E-state index is 11.9. The molecule has 0 saturated carbocycles. The lowest BCUT2D eigenvalue weighted by atomic mass is 9.95. The lowest BCUT2D eigenvalue weighted by Gasteiger charge is -2.26. The van der Waals surface area contributed by atoms with Crippen LogP contribution >= 0.6 is 0 Å². The number of fused-ring (bicyclic) bond motifs is 1. The van der Waals surface area contributed by atoms with Crippen molar-refractivity contribution in [2.24, 2.45) is 9.81 Å². The Morgan fingerprint density at radius 2 is 1.81 bits per heavy atom. The van der Waals surface area contributed by atoms with E-state index in [1.807, 2.05) is 20.8 Å². The van der Waals surface area contributed by atoms with Gasteiger partial charge in [-0.3, -0.25) is 0 Å². The minimum atomic E-state index is -3.55. The number of sulfonamides is 1. The Kier molecular flexibility index (Phi) is 2.31. The molecule has 0 atom stereocenters. The zero-order valence-electron chi connectivity index (χ0n) is 9.48. The van der Waals surface area contributed by atoms with E-state index in [-0.39, 0.29) is 10.3 Å². The summed E-state index contributed by atoms with van der Waals surface area (Å²) in [7, 11) is -3.55. The molecule has 0 spiro atoms. The van der Waals surface area contributed by atoms with Crippen molar-refractivity contribution in [3.05, 3.63) is 24.3 Å². The Bertz CT molecular complexity index is 554. The zero-order valence-corrected chi connectivity index (χ0v) is 10.3. The molecule has 86 valence electrons. The van der Waals surface area contributed by atoms with Crippen LogP contribution in [0.3, 0.4) is 0 Å². The highest BCUT2D eigenvalue weighted by atomic mass is 32.2. The topological polar surface area (TPSA) is 58.5 Å². The molecular formula is C11H14N2O2S. The van der Waals surface area contributed by atoms with Gasteiger partial charge in [-0.05, 0) is 12.1 Å². The number of nitrogens with one attached hydrogen (secondary N) is 1. The highest BCUT2D eigenvalue weighted by molar-refractivity contribution is 7.90. The molecular weight excluding hydrogens is 224 g/mol. The van der Waals surface area contributed by atoms with E-state index < -0.39 is 10.0 Å². The van der Waals surface area contributed by atoms with Crippen LogP contribution in [0.1, 0.15) is 20.8 Å². The van der Waals surface area contributed by atoms with Crippen LogP contribution in [0.25, 0.3) is 0 Å². The van der Waals surface area contributed by atoms with Crippen LogP contribution in [0.2, 0.25) is 0 Å². The van der Waals surface area contributed by atoms with Gasteiger partial charge >= 0.3 is 0 Å². The van der Waals surface area contributed by atoms with E-state index >= 15 is 0 Å². The van der Waals surface area contributed by atoms with E-state index in [1.54, 1.807) is 24.3 Å². The van der Waals surface area contributed by atoms with Crippen molar-refractivity contribution in [1.29, 1.82) is 0 Å². The van der Waals surface area contributed by atoms with Crippen LogP contribution in [0, 0.1) is 5.41 Å². The Balaban J connectivity index is 2.61. The molecule has 1 aromatic rings. The maximum Gasteiger partial charge on any atom is 0.286 e. The Morgan fingerprint density at radius 3 is 2.44 bits per heavy atom.